The highest BCUT2D eigenvalue weighted by atomic mass is 16.6. The molecule has 0 atom stereocenters. The van der Waals surface area contributed by atoms with E-state index in [2.05, 4.69) is 6.58 Å². The number of rotatable bonds is 4. The van der Waals surface area contributed by atoms with E-state index in [1.807, 2.05) is 0 Å². The van der Waals surface area contributed by atoms with Crippen molar-refractivity contribution >= 4 is 5.97 Å². The first-order valence-electron chi connectivity index (χ1n) is 3.55. The highest BCUT2D eigenvalue weighted by Gasteiger charge is 2.22. The Kier molecular flexibility index (Phi) is 4.08. The average Bonchev–Trinajstić information content (AvgIpc) is 2.04. The summed E-state index contributed by atoms with van der Waals surface area (Å²) in [6, 6.07) is 0. The molecular formula is C8H9NO5. The molecule has 14 heavy (non-hydrogen) atoms. The van der Waals surface area contributed by atoms with Crippen molar-refractivity contribution in [3.05, 3.63) is 45.9 Å². The molecule has 0 saturated heterocycles. The summed E-state index contributed by atoms with van der Waals surface area (Å²) in [7, 11) is 0. The first-order chi connectivity index (χ1) is 6.45. The van der Waals surface area contributed by atoms with Crippen molar-refractivity contribution in [1.29, 1.82) is 0 Å². The molecule has 6 heteroatoms. The molecule has 76 valence electrons. The Morgan fingerprint density at radius 2 is 2.00 bits per heavy atom. The van der Waals surface area contributed by atoms with Crippen LogP contribution in [0.1, 0.15) is 6.92 Å². The van der Waals surface area contributed by atoms with E-state index in [0.29, 0.717) is 0 Å². The lowest BCUT2D eigenvalue weighted by Crippen LogP contribution is -2.08. The van der Waals surface area contributed by atoms with Gasteiger partial charge in [0.25, 0.3) is 0 Å². The first kappa shape index (κ1) is 11.9. The van der Waals surface area contributed by atoms with Gasteiger partial charge in [-0.15, -0.1) is 0 Å². The summed E-state index contributed by atoms with van der Waals surface area (Å²) in [5, 5.41) is 28.1. The monoisotopic (exact) mass is 199 g/mol. The number of nitro groups is 1. The Morgan fingerprint density at radius 3 is 2.21 bits per heavy atom. The van der Waals surface area contributed by atoms with Gasteiger partial charge in [0.05, 0.1) is 4.92 Å². The minimum absolute atomic E-state index is 0.602. The van der Waals surface area contributed by atoms with Crippen LogP contribution in [0.2, 0.25) is 0 Å². The number of aliphatic hydroxyl groups is 1. The van der Waals surface area contributed by atoms with Gasteiger partial charge in [-0.2, -0.15) is 0 Å². The molecule has 0 aliphatic carbocycles. The number of carbonyl (C=O) groups is 1. The Labute approximate surface area is 79.6 Å². The number of hydrogen-bond acceptors (Lipinski definition) is 4. The van der Waals surface area contributed by atoms with Gasteiger partial charge in [-0.3, -0.25) is 10.1 Å². The molecule has 0 amide bonds. The highest BCUT2D eigenvalue weighted by molar-refractivity contribution is 5.90. The third kappa shape index (κ3) is 2.44. The molecule has 6 nitrogen and oxygen atoms in total. The Hall–Kier alpha value is -2.11. The molecule has 0 radical (unpaired) electrons. The minimum atomic E-state index is -1.47. The number of hydrogen-bond donors (Lipinski definition) is 2. The maximum Gasteiger partial charge on any atom is 0.339 e. The van der Waals surface area contributed by atoms with Gasteiger partial charge in [0.1, 0.15) is 5.57 Å². The molecule has 0 rings (SSSR count). The Morgan fingerprint density at radius 1 is 1.50 bits per heavy atom. The topological polar surface area (TPSA) is 101 Å². The molecule has 0 aromatic rings. The smallest absolute Gasteiger partial charge is 0.339 e. The van der Waals surface area contributed by atoms with Crippen molar-refractivity contribution in [3.63, 3.8) is 0 Å². The average molecular weight is 199 g/mol. The Balaban J connectivity index is 5.45. The minimum Gasteiger partial charge on any atom is -0.502 e. The van der Waals surface area contributed by atoms with Crippen molar-refractivity contribution in [2.45, 2.75) is 6.92 Å². The summed E-state index contributed by atoms with van der Waals surface area (Å²) < 4.78 is 0. The second-order valence-corrected chi connectivity index (χ2v) is 2.20. The predicted molar refractivity (Wildman–Crippen MR) is 48.2 cm³/mol. The van der Waals surface area contributed by atoms with Crippen molar-refractivity contribution in [2.75, 3.05) is 0 Å². The molecule has 0 heterocycles. The molecule has 0 saturated carbocycles. The van der Waals surface area contributed by atoms with Crippen LogP contribution in [-0.2, 0) is 4.79 Å². The second-order valence-electron chi connectivity index (χ2n) is 2.20. The van der Waals surface area contributed by atoms with Gasteiger partial charge in [-0.05, 0) is 13.0 Å². The number of allylic oxidation sites excluding steroid dienone is 1. The molecule has 0 aliphatic rings. The van der Waals surface area contributed by atoms with Crippen LogP contribution in [0.3, 0.4) is 0 Å². The zero-order valence-corrected chi connectivity index (χ0v) is 7.43. The van der Waals surface area contributed by atoms with E-state index in [0.717, 1.165) is 12.2 Å². The number of aliphatic hydroxyl groups excluding tert-OH is 1. The molecule has 2 N–H and O–H groups in total. The lowest BCUT2D eigenvalue weighted by Gasteiger charge is -1.99. The molecule has 0 fully saturated rings. The van der Waals surface area contributed by atoms with E-state index < -0.39 is 27.9 Å². The summed E-state index contributed by atoms with van der Waals surface area (Å²) >= 11 is 0. The van der Waals surface area contributed by atoms with Gasteiger partial charge in [0, 0.05) is 0 Å². The summed E-state index contributed by atoms with van der Waals surface area (Å²) in [5.41, 5.74) is -1.27. The van der Waals surface area contributed by atoms with E-state index in [-0.39, 0.29) is 0 Å². The fourth-order valence-corrected chi connectivity index (χ4v) is 0.752. The number of carboxylic acids is 1. The van der Waals surface area contributed by atoms with Crippen molar-refractivity contribution in [2.24, 2.45) is 0 Å². The van der Waals surface area contributed by atoms with Crippen molar-refractivity contribution in [3.8, 4) is 0 Å². The largest absolute Gasteiger partial charge is 0.502 e. The fraction of sp³-hybridized carbons (Fsp3) is 0.125. The molecule has 0 bridgehead atoms. The van der Waals surface area contributed by atoms with Gasteiger partial charge in [-0.25, -0.2) is 4.79 Å². The molecule has 0 aromatic heterocycles. The van der Waals surface area contributed by atoms with Gasteiger partial charge < -0.3 is 10.2 Å². The third-order valence-corrected chi connectivity index (χ3v) is 1.40. The van der Waals surface area contributed by atoms with Crippen LogP contribution in [0, 0.1) is 10.1 Å². The Bertz CT molecular complexity index is 340. The number of nitrogens with zero attached hydrogens (tertiary/aromatic N) is 1. The van der Waals surface area contributed by atoms with Gasteiger partial charge in [0.15, 0.2) is 0 Å². The molecule has 0 aliphatic heterocycles. The van der Waals surface area contributed by atoms with Crippen LogP contribution in [-0.4, -0.2) is 21.1 Å². The SMILES string of the molecule is C=C/C(C(=O)O)=C(O)\C(=C/C)[N+](=O)[O-]. The van der Waals surface area contributed by atoms with E-state index in [1.54, 1.807) is 0 Å². The van der Waals surface area contributed by atoms with Crippen LogP contribution < -0.4 is 0 Å². The lowest BCUT2D eigenvalue weighted by atomic mass is 10.2. The van der Waals surface area contributed by atoms with Crippen LogP contribution >= 0.6 is 0 Å². The highest BCUT2D eigenvalue weighted by Crippen LogP contribution is 2.13. The van der Waals surface area contributed by atoms with Crippen LogP contribution in [0.4, 0.5) is 0 Å². The van der Waals surface area contributed by atoms with Crippen molar-refractivity contribution in [1.82, 2.24) is 0 Å². The van der Waals surface area contributed by atoms with Gasteiger partial charge in [-0.1, -0.05) is 12.7 Å². The molecule has 0 spiro atoms. The third-order valence-electron chi connectivity index (χ3n) is 1.40. The van der Waals surface area contributed by atoms with E-state index >= 15 is 0 Å². The standard InChI is InChI=1S/C8H9NO5/c1-3-5(8(11)12)7(10)6(4-2)9(13)14/h3-4,10H,1H2,2H3,(H,11,12)/b6-4+,7-5-. The zero-order chi connectivity index (χ0) is 11.3. The maximum atomic E-state index is 10.5. The van der Waals surface area contributed by atoms with E-state index in [4.69, 9.17) is 5.11 Å². The first-order valence-corrected chi connectivity index (χ1v) is 3.55. The lowest BCUT2D eigenvalue weighted by molar-refractivity contribution is -0.424. The van der Waals surface area contributed by atoms with Gasteiger partial charge in [0.2, 0.25) is 5.76 Å². The van der Waals surface area contributed by atoms with Crippen molar-refractivity contribution < 1.29 is 19.9 Å². The van der Waals surface area contributed by atoms with E-state index in [9.17, 15) is 20.0 Å². The molecular weight excluding hydrogens is 190 g/mol. The summed E-state index contributed by atoms with van der Waals surface area (Å²) in [4.78, 5) is 19.9. The van der Waals surface area contributed by atoms with Crippen LogP contribution in [0.25, 0.3) is 0 Å². The quantitative estimate of drug-likeness (QED) is 0.233. The summed E-state index contributed by atoms with van der Waals surface area (Å²) in [6.45, 7) is 4.45. The zero-order valence-electron chi connectivity index (χ0n) is 7.43. The van der Waals surface area contributed by atoms with E-state index in [1.165, 1.54) is 6.92 Å². The summed E-state index contributed by atoms with van der Waals surface area (Å²) in [6.07, 6.45) is 1.84. The summed E-state index contributed by atoms with van der Waals surface area (Å²) in [5.74, 6) is -2.38. The van der Waals surface area contributed by atoms with Crippen LogP contribution in [0.5, 0.6) is 0 Å². The van der Waals surface area contributed by atoms with Crippen LogP contribution in [0.15, 0.2) is 35.8 Å². The normalized spacial score (nSPS) is 13.1. The van der Waals surface area contributed by atoms with Gasteiger partial charge >= 0.3 is 11.7 Å². The second kappa shape index (κ2) is 4.80. The molecule has 0 unspecified atom stereocenters. The molecule has 0 aromatic carbocycles. The predicted octanol–water partition coefficient (Wildman–Crippen LogP) is 1.25. The number of carboxylic acid groups (broad SMARTS) is 1. The number of aliphatic carboxylic acids is 1. The fourth-order valence-electron chi connectivity index (χ4n) is 0.752. The maximum absolute atomic E-state index is 10.5.